The van der Waals surface area contributed by atoms with E-state index < -0.39 is 6.23 Å². The Morgan fingerprint density at radius 2 is 2.20 bits per heavy atom. The van der Waals surface area contributed by atoms with Crippen LogP contribution >= 0.6 is 0 Å². The van der Waals surface area contributed by atoms with Gasteiger partial charge in [-0.1, -0.05) is 30.3 Å². The maximum atomic E-state index is 11.9. The average molecular weight is 342 g/mol. The predicted molar refractivity (Wildman–Crippen MR) is 88.8 cm³/mol. The van der Waals surface area contributed by atoms with Gasteiger partial charge in [-0.25, -0.2) is 9.67 Å². The summed E-state index contributed by atoms with van der Waals surface area (Å²) in [5.41, 5.74) is 1.23. The van der Waals surface area contributed by atoms with Crippen LogP contribution in [0.25, 0.3) is 11.0 Å². The van der Waals surface area contributed by atoms with Crippen LogP contribution in [-0.2, 0) is 16.1 Å². The Labute approximate surface area is 143 Å². The van der Waals surface area contributed by atoms with Crippen LogP contribution in [0.1, 0.15) is 18.2 Å². The summed E-state index contributed by atoms with van der Waals surface area (Å²) in [4.78, 5) is 18.6. The Kier molecular flexibility index (Phi) is 4.31. The maximum Gasteiger partial charge on any atom is 0.261 e. The Morgan fingerprint density at radius 3 is 3.00 bits per heavy atom. The molecule has 2 N–H and O–H groups in total. The smallest absolute Gasteiger partial charge is 0.261 e. The van der Waals surface area contributed by atoms with Crippen molar-refractivity contribution >= 4 is 11.0 Å². The SMILES string of the molecule is O=c1[nH]cnc2c1cnn2[C@@H]1O[C@H](CO)C[C@H]1OCc1ccccc1. The summed E-state index contributed by atoms with van der Waals surface area (Å²) in [6.07, 6.45) is 2.14. The lowest BCUT2D eigenvalue weighted by Crippen LogP contribution is -2.24. The molecule has 2 aromatic heterocycles. The summed E-state index contributed by atoms with van der Waals surface area (Å²) in [6, 6.07) is 9.83. The molecule has 8 heteroatoms. The van der Waals surface area contributed by atoms with E-state index in [9.17, 15) is 9.90 Å². The summed E-state index contributed by atoms with van der Waals surface area (Å²) in [5, 5.41) is 14.1. The molecule has 3 aromatic rings. The molecule has 25 heavy (non-hydrogen) atoms. The quantitative estimate of drug-likeness (QED) is 0.717. The van der Waals surface area contributed by atoms with E-state index in [1.54, 1.807) is 4.68 Å². The number of aromatic nitrogens is 4. The highest BCUT2D eigenvalue weighted by atomic mass is 16.6. The minimum atomic E-state index is -0.548. The standard InChI is InChI=1S/C17H18N4O4/c22-8-12-6-14(24-9-11-4-2-1-3-5-11)17(25-12)21-15-13(7-20-21)16(23)19-10-18-15/h1-5,7,10,12,14,17,22H,6,8-9H2,(H,18,19,23)/t12-,14+,17+/m0/s1. The minimum absolute atomic E-state index is 0.102. The molecule has 1 aliphatic rings. The number of aliphatic hydroxyl groups is 1. The predicted octanol–water partition coefficient (Wildman–Crippen LogP) is 0.985. The topological polar surface area (TPSA) is 102 Å². The van der Waals surface area contributed by atoms with Gasteiger partial charge in [0.1, 0.15) is 11.5 Å². The van der Waals surface area contributed by atoms with E-state index >= 15 is 0 Å². The number of ether oxygens (including phenoxy) is 2. The fraction of sp³-hybridized carbons (Fsp3) is 0.353. The van der Waals surface area contributed by atoms with Gasteiger partial charge >= 0.3 is 0 Å². The van der Waals surface area contributed by atoms with E-state index in [-0.39, 0.29) is 24.4 Å². The van der Waals surface area contributed by atoms with Crippen molar-refractivity contribution in [2.45, 2.75) is 31.5 Å². The van der Waals surface area contributed by atoms with Gasteiger partial charge < -0.3 is 19.6 Å². The molecule has 1 aliphatic heterocycles. The van der Waals surface area contributed by atoms with E-state index in [1.807, 2.05) is 30.3 Å². The number of benzene rings is 1. The molecule has 0 unspecified atom stereocenters. The molecule has 3 heterocycles. The maximum absolute atomic E-state index is 11.9. The highest BCUT2D eigenvalue weighted by molar-refractivity contribution is 5.72. The normalized spacial score (nSPS) is 23.3. The molecule has 0 radical (unpaired) electrons. The van der Waals surface area contributed by atoms with Gasteiger partial charge in [0.25, 0.3) is 5.56 Å². The molecular weight excluding hydrogens is 324 g/mol. The monoisotopic (exact) mass is 342 g/mol. The van der Waals surface area contributed by atoms with Crippen molar-refractivity contribution in [2.24, 2.45) is 0 Å². The summed E-state index contributed by atoms with van der Waals surface area (Å²) in [7, 11) is 0. The van der Waals surface area contributed by atoms with Crippen molar-refractivity contribution in [3.8, 4) is 0 Å². The van der Waals surface area contributed by atoms with Crippen molar-refractivity contribution in [1.29, 1.82) is 0 Å². The highest BCUT2D eigenvalue weighted by Gasteiger charge is 2.38. The Hall–Kier alpha value is -2.55. The number of hydrogen-bond acceptors (Lipinski definition) is 6. The third-order valence-corrected chi connectivity index (χ3v) is 4.29. The van der Waals surface area contributed by atoms with E-state index in [4.69, 9.17) is 9.47 Å². The fourth-order valence-electron chi connectivity index (χ4n) is 3.04. The molecule has 1 aromatic carbocycles. The third kappa shape index (κ3) is 3.07. The lowest BCUT2D eigenvalue weighted by Gasteiger charge is -2.20. The van der Waals surface area contributed by atoms with Gasteiger partial charge in [-0.2, -0.15) is 5.10 Å². The van der Waals surface area contributed by atoms with Crippen LogP contribution in [-0.4, -0.2) is 43.7 Å². The number of aliphatic hydroxyl groups excluding tert-OH is 1. The number of rotatable bonds is 5. The number of H-pyrrole nitrogens is 1. The second-order valence-electron chi connectivity index (χ2n) is 5.96. The summed E-state index contributed by atoms with van der Waals surface area (Å²) < 4.78 is 13.5. The van der Waals surface area contributed by atoms with Crippen LogP contribution in [0.15, 0.2) is 47.7 Å². The molecule has 8 nitrogen and oxygen atoms in total. The van der Waals surface area contributed by atoms with E-state index in [2.05, 4.69) is 15.1 Å². The minimum Gasteiger partial charge on any atom is -0.394 e. The van der Waals surface area contributed by atoms with Gasteiger partial charge in [-0.15, -0.1) is 0 Å². The number of hydrogen-bond donors (Lipinski definition) is 2. The largest absolute Gasteiger partial charge is 0.394 e. The van der Waals surface area contributed by atoms with Gasteiger partial charge in [0.2, 0.25) is 0 Å². The molecule has 0 saturated carbocycles. The molecule has 0 amide bonds. The zero-order valence-electron chi connectivity index (χ0n) is 13.4. The molecule has 3 atom stereocenters. The van der Waals surface area contributed by atoms with Gasteiger partial charge in [0.05, 0.1) is 31.8 Å². The van der Waals surface area contributed by atoms with Crippen LogP contribution < -0.4 is 5.56 Å². The average Bonchev–Trinajstić information content (AvgIpc) is 3.25. The zero-order valence-corrected chi connectivity index (χ0v) is 13.4. The summed E-state index contributed by atoms with van der Waals surface area (Å²) in [5.74, 6) is 0. The number of nitrogens with one attached hydrogen (secondary N) is 1. The van der Waals surface area contributed by atoms with Gasteiger partial charge in [-0.3, -0.25) is 4.79 Å². The van der Waals surface area contributed by atoms with Gasteiger partial charge in [0.15, 0.2) is 11.9 Å². The van der Waals surface area contributed by atoms with Crippen molar-refractivity contribution in [1.82, 2.24) is 19.7 Å². The van der Waals surface area contributed by atoms with Crippen LogP contribution in [0, 0.1) is 0 Å². The first kappa shape index (κ1) is 15.9. The molecular formula is C17H18N4O4. The van der Waals surface area contributed by atoms with Crippen molar-refractivity contribution < 1.29 is 14.6 Å². The zero-order chi connectivity index (χ0) is 17.2. The molecule has 0 bridgehead atoms. The summed E-state index contributed by atoms with van der Waals surface area (Å²) >= 11 is 0. The Morgan fingerprint density at radius 1 is 1.36 bits per heavy atom. The second-order valence-corrected chi connectivity index (χ2v) is 5.96. The van der Waals surface area contributed by atoms with Crippen molar-refractivity contribution in [3.05, 3.63) is 58.8 Å². The summed E-state index contributed by atoms with van der Waals surface area (Å²) in [6.45, 7) is 0.325. The van der Waals surface area contributed by atoms with E-state index in [0.717, 1.165) is 5.56 Å². The molecule has 1 fully saturated rings. The first-order chi connectivity index (χ1) is 12.3. The Bertz CT molecular complexity index is 908. The number of nitrogens with zero attached hydrogens (tertiary/aromatic N) is 3. The molecule has 0 spiro atoms. The van der Waals surface area contributed by atoms with Crippen LogP contribution in [0.4, 0.5) is 0 Å². The van der Waals surface area contributed by atoms with E-state index in [0.29, 0.717) is 24.1 Å². The number of aromatic amines is 1. The third-order valence-electron chi connectivity index (χ3n) is 4.29. The van der Waals surface area contributed by atoms with Crippen molar-refractivity contribution in [3.63, 3.8) is 0 Å². The van der Waals surface area contributed by atoms with Crippen LogP contribution in [0.2, 0.25) is 0 Å². The lowest BCUT2D eigenvalue weighted by atomic mass is 10.2. The first-order valence-corrected chi connectivity index (χ1v) is 8.09. The van der Waals surface area contributed by atoms with Gasteiger partial charge in [-0.05, 0) is 5.56 Å². The van der Waals surface area contributed by atoms with Crippen molar-refractivity contribution in [2.75, 3.05) is 6.61 Å². The van der Waals surface area contributed by atoms with Crippen LogP contribution in [0.5, 0.6) is 0 Å². The van der Waals surface area contributed by atoms with Crippen LogP contribution in [0.3, 0.4) is 0 Å². The fourth-order valence-corrected chi connectivity index (χ4v) is 3.04. The second kappa shape index (κ2) is 6.75. The molecule has 1 saturated heterocycles. The Balaban J connectivity index is 1.61. The molecule has 0 aliphatic carbocycles. The molecule has 130 valence electrons. The van der Waals surface area contributed by atoms with Gasteiger partial charge in [0, 0.05) is 6.42 Å². The molecule has 4 rings (SSSR count). The first-order valence-electron chi connectivity index (χ1n) is 8.09. The number of fused-ring (bicyclic) bond motifs is 1. The highest BCUT2D eigenvalue weighted by Crippen LogP contribution is 2.32. The lowest BCUT2D eigenvalue weighted by molar-refractivity contribution is -0.0785. The van der Waals surface area contributed by atoms with E-state index in [1.165, 1.54) is 12.5 Å².